The van der Waals surface area contributed by atoms with Crippen LogP contribution in [0.25, 0.3) is 5.69 Å². The highest BCUT2D eigenvalue weighted by Gasteiger charge is 2.15. The van der Waals surface area contributed by atoms with Crippen LogP contribution in [0, 0.1) is 0 Å². The summed E-state index contributed by atoms with van der Waals surface area (Å²) in [5.74, 6) is -0.520. The fourth-order valence-corrected chi connectivity index (χ4v) is 3.92. The van der Waals surface area contributed by atoms with Crippen LogP contribution in [0.3, 0.4) is 0 Å². The van der Waals surface area contributed by atoms with Crippen molar-refractivity contribution in [3.05, 3.63) is 51.5 Å². The van der Waals surface area contributed by atoms with Gasteiger partial charge in [-0.2, -0.15) is 4.68 Å². The number of nitrogens with one attached hydrogen (secondary N) is 2. The molecule has 0 aliphatic rings. The van der Waals surface area contributed by atoms with E-state index in [2.05, 4.69) is 26.2 Å². The van der Waals surface area contributed by atoms with Gasteiger partial charge in [0.2, 0.25) is 17.0 Å². The summed E-state index contributed by atoms with van der Waals surface area (Å²) in [4.78, 5) is 23.6. The molecule has 3 rings (SSSR count). The molecule has 2 aromatic carbocycles. The molecule has 1 heterocycles. The first-order valence-corrected chi connectivity index (χ1v) is 10.2. The van der Waals surface area contributed by atoms with Gasteiger partial charge < -0.3 is 10.6 Å². The summed E-state index contributed by atoms with van der Waals surface area (Å²) in [5.41, 5.74) is 1.52. The van der Waals surface area contributed by atoms with Gasteiger partial charge in [-0.1, -0.05) is 52.6 Å². The van der Waals surface area contributed by atoms with Crippen LogP contribution in [0.5, 0.6) is 0 Å². The maximum atomic E-state index is 12.3. The Labute approximate surface area is 184 Å². The van der Waals surface area contributed by atoms with Gasteiger partial charge in [-0.15, -0.1) is 5.10 Å². The van der Waals surface area contributed by atoms with Gasteiger partial charge in [0.05, 0.1) is 27.2 Å². The Morgan fingerprint density at radius 1 is 1.10 bits per heavy atom. The van der Waals surface area contributed by atoms with E-state index < -0.39 is 0 Å². The predicted molar refractivity (Wildman–Crippen MR) is 114 cm³/mol. The number of halogens is 3. The molecule has 0 aliphatic heterocycles. The second-order valence-corrected chi connectivity index (χ2v) is 7.88. The lowest BCUT2D eigenvalue weighted by atomic mass is 10.3. The molecule has 29 heavy (non-hydrogen) atoms. The maximum absolute atomic E-state index is 12.3. The zero-order valence-corrected chi connectivity index (χ0v) is 17.9. The highest BCUT2D eigenvalue weighted by Crippen LogP contribution is 2.33. The number of carbonyl (C=O) groups is 2. The van der Waals surface area contributed by atoms with Gasteiger partial charge in [-0.3, -0.25) is 9.59 Å². The zero-order chi connectivity index (χ0) is 21.0. The number of aromatic nitrogens is 4. The monoisotopic (exact) mass is 470 g/mol. The molecule has 0 unspecified atom stereocenters. The molecule has 0 atom stereocenters. The fourth-order valence-electron chi connectivity index (χ4n) is 2.32. The number of hydrogen-bond donors (Lipinski definition) is 2. The van der Waals surface area contributed by atoms with Crippen LogP contribution in [0.15, 0.2) is 41.6 Å². The molecular weight excluding hydrogens is 459 g/mol. The number of benzene rings is 2. The molecule has 1 aromatic heterocycles. The van der Waals surface area contributed by atoms with Crippen molar-refractivity contribution in [1.82, 2.24) is 20.2 Å². The highest BCUT2D eigenvalue weighted by atomic mass is 35.5. The smallest absolute Gasteiger partial charge is 0.234 e. The summed E-state index contributed by atoms with van der Waals surface area (Å²) in [6, 6.07) is 9.97. The summed E-state index contributed by atoms with van der Waals surface area (Å²) in [5, 5.41) is 18.1. The van der Waals surface area contributed by atoms with Crippen molar-refractivity contribution in [3.8, 4) is 5.69 Å². The molecule has 0 spiro atoms. The molecule has 150 valence electrons. The van der Waals surface area contributed by atoms with Crippen molar-refractivity contribution in [1.29, 1.82) is 0 Å². The molecule has 3 aromatic rings. The second-order valence-electron chi connectivity index (χ2n) is 5.69. The number of amides is 2. The third-order valence-electron chi connectivity index (χ3n) is 3.46. The first-order chi connectivity index (χ1) is 13.8. The zero-order valence-electron chi connectivity index (χ0n) is 14.8. The number of nitrogens with zero attached hydrogens (tertiary/aromatic N) is 4. The lowest BCUT2D eigenvalue weighted by molar-refractivity contribution is -0.114. The number of rotatable bonds is 6. The first-order valence-electron chi connectivity index (χ1n) is 8.07. The van der Waals surface area contributed by atoms with E-state index in [0.29, 0.717) is 21.6 Å². The number of hydrogen-bond acceptors (Lipinski definition) is 6. The molecule has 2 amide bonds. The lowest BCUT2D eigenvalue weighted by Gasteiger charge is -2.10. The molecule has 0 fully saturated rings. The van der Waals surface area contributed by atoms with Gasteiger partial charge in [0, 0.05) is 17.6 Å². The average Bonchev–Trinajstić information content (AvgIpc) is 3.11. The van der Waals surface area contributed by atoms with E-state index in [4.69, 9.17) is 34.8 Å². The van der Waals surface area contributed by atoms with Crippen molar-refractivity contribution >= 4 is 69.8 Å². The highest BCUT2D eigenvalue weighted by molar-refractivity contribution is 7.99. The van der Waals surface area contributed by atoms with E-state index in [9.17, 15) is 9.59 Å². The Morgan fingerprint density at radius 2 is 1.83 bits per heavy atom. The average molecular weight is 472 g/mol. The third kappa shape index (κ3) is 5.60. The van der Waals surface area contributed by atoms with Crippen molar-refractivity contribution in [2.75, 3.05) is 16.4 Å². The Hall–Kier alpha value is -2.33. The topological polar surface area (TPSA) is 102 Å². The van der Waals surface area contributed by atoms with Crippen molar-refractivity contribution < 1.29 is 9.59 Å². The van der Waals surface area contributed by atoms with Gasteiger partial charge in [0.1, 0.15) is 0 Å². The molecule has 8 nitrogen and oxygen atoms in total. The SMILES string of the molecule is CC(=O)Nc1cccc(-n2nnnc2SCC(=O)Nc2c(Cl)cc(Cl)cc2Cl)c1. The van der Waals surface area contributed by atoms with Crippen LogP contribution in [-0.4, -0.2) is 37.8 Å². The number of tetrazole rings is 1. The van der Waals surface area contributed by atoms with Gasteiger partial charge in [-0.25, -0.2) is 0 Å². The van der Waals surface area contributed by atoms with E-state index in [0.717, 1.165) is 11.8 Å². The Bertz CT molecular complexity index is 1050. The maximum Gasteiger partial charge on any atom is 0.234 e. The summed E-state index contributed by atoms with van der Waals surface area (Å²) < 4.78 is 1.46. The molecule has 0 radical (unpaired) electrons. The van der Waals surface area contributed by atoms with Gasteiger partial charge >= 0.3 is 0 Å². The molecule has 0 saturated carbocycles. The largest absolute Gasteiger partial charge is 0.326 e. The van der Waals surface area contributed by atoms with E-state index in [1.165, 1.54) is 23.7 Å². The summed E-state index contributed by atoms with van der Waals surface area (Å²) in [6.45, 7) is 1.42. The molecule has 0 bridgehead atoms. The van der Waals surface area contributed by atoms with E-state index in [1.807, 2.05) is 0 Å². The van der Waals surface area contributed by atoms with Crippen molar-refractivity contribution in [2.45, 2.75) is 12.1 Å². The molecule has 0 aliphatic carbocycles. The first kappa shape index (κ1) is 21.4. The lowest BCUT2D eigenvalue weighted by Crippen LogP contribution is -2.15. The number of carbonyl (C=O) groups excluding carboxylic acids is 2. The van der Waals surface area contributed by atoms with Gasteiger partial charge in [0.15, 0.2) is 0 Å². The van der Waals surface area contributed by atoms with Crippen molar-refractivity contribution in [3.63, 3.8) is 0 Å². The van der Waals surface area contributed by atoms with Crippen LogP contribution in [0.1, 0.15) is 6.92 Å². The Morgan fingerprint density at radius 3 is 2.52 bits per heavy atom. The van der Waals surface area contributed by atoms with E-state index in [1.54, 1.807) is 24.3 Å². The number of thioether (sulfide) groups is 1. The summed E-state index contributed by atoms with van der Waals surface area (Å²) in [6.07, 6.45) is 0. The third-order valence-corrected chi connectivity index (χ3v) is 5.19. The van der Waals surface area contributed by atoms with Crippen LogP contribution in [0.2, 0.25) is 15.1 Å². The van der Waals surface area contributed by atoms with Gasteiger partial charge in [0.25, 0.3) is 0 Å². The minimum atomic E-state index is -0.345. The van der Waals surface area contributed by atoms with Crippen molar-refractivity contribution in [2.24, 2.45) is 0 Å². The minimum absolute atomic E-state index is 0.0149. The Balaban J connectivity index is 1.70. The van der Waals surface area contributed by atoms with E-state index >= 15 is 0 Å². The summed E-state index contributed by atoms with van der Waals surface area (Å²) in [7, 11) is 0. The van der Waals surface area contributed by atoms with Gasteiger partial charge in [-0.05, 0) is 40.8 Å². The van der Waals surface area contributed by atoms with Crippen LogP contribution in [0.4, 0.5) is 11.4 Å². The minimum Gasteiger partial charge on any atom is -0.326 e. The predicted octanol–water partition coefficient (Wildman–Crippen LogP) is 4.31. The van der Waals surface area contributed by atoms with Crippen LogP contribution in [-0.2, 0) is 9.59 Å². The van der Waals surface area contributed by atoms with Crippen LogP contribution >= 0.6 is 46.6 Å². The standard InChI is InChI=1S/C17H13Cl3N6O2S/c1-9(27)21-11-3-2-4-12(7-11)26-17(23-24-25-26)29-8-15(28)22-16-13(19)5-10(18)6-14(16)20/h2-7H,8H2,1H3,(H,21,27)(H,22,28). The molecular formula is C17H13Cl3N6O2S. The quantitative estimate of drug-likeness (QED) is 0.519. The second kappa shape index (κ2) is 9.45. The molecule has 12 heteroatoms. The fraction of sp³-hybridized carbons (Fsp3) is 0.118. The normalized spacial score (nSPS) is 10.6. The molecule has 0 saturated heterocycles. The van der Waals surface area contributed by atoms with E-state index in [-0.39, 0.29) is 33.3 Å². The summed E-state index contributed by atoms with van der Waals surface area (Å²) >= 11 is 19.1. The van der Waals surface area contributed by atoms with Crippen LogP contribution < -0.4 is 10.6 Å². The molecule has 2 N–H and O–H groups in total. The number of anilines is 2. The Kier molecular flexibility index (Phi) is 6.96.